The highest BCUT2D eigenvalue weighted by Gasteiger charge is 2.10. The minimum absolute atomic E-state index is 0.340. The highest BCUT2D eigenvalue weighted by Crippen LogP contribution is 2.02. The van der Waals surface area contributed by atoms with Gasteiger partial charge in [-0.1, -0.05) is 13.0 Å². The van der Waals surface area contributed by atoms with E-state index < -0.39 is 12.3 Å². The van der Waals surface area contributed by atoms with Crippen LogP contribution in [0.25, 0.3) is 0 Å². The predicted octanol–water partition coefficient (Wildman–Crippen LogP) is 1.28. The molecule has 0 aromatic heterocycles. The van der Waals surface area contributed by atoms with Crippen molar-refractivity contribution in [3.63, 3.8) is 0 Å². The first-order valence-electron chi connectivity index (χ1n) is 2.67. The zero-order valence-electron chi connectivity index (χ0n) is 4.97. The van der Waals surface area contributed by atoms with Crippen LogP contribution in [0.4, 0.5) is 4.39 Å². The summed E-state index contributed by atoms with van der Waals surface area (Å²) in [5.74, 6) is 0. The van der Waals surface area contributed by atoms with E-state index in [2.05, 4.69) is 6.58 Å². The van der Waals surface area contributed by atoms with Gasteiger partial charge in [-0.15, -0.1) is 6.58 Å². The van der Waals surface area contributed by atoms with Crippen LogP contribution in [0.2, 0.25) is 0 Å². The largest absolute Gasteiger partial charge is 0.386 e. The third-order valence-electron chi connectivity index (χ3n) is 1.00. The minimum atomic E-state index is -1.15. The molecule has 0 aromatic carbocycles. The number of alkyl halides is 1. The lowest BCUT2D eigenvalue weighted by atomic mass is 10.2. The molecular formula is C6H11FO. The molecule has 0 aromatic rings. The summed E-state index contributed by atoms with van der Waals surface area (Å²) in [6, 6.07) is 0. The van der Waals surface area contributed by atoms with Crippen LogP contribution < -0.4 is 0 Å². The Bertz CT molecular complexity index is 72.9. The van der Waals surface area contributed by atoms with Crippen molar-refractivity contribution in [2.24, 2.45) is 0 Å². The smallest absolute Gasteiger partial charge is 0.129 e. The van der Waals surface area contributed by atoms with Crippen LogP contribution in [0.3, 0.4) is 0 Å². The second kappa shape index (κ2) is 3.61. The molecule has 48 valence electrons. The van der Waals surface area contributed by atoms with E-state index in [1.54, 1.807) is 6.92 Å². The first-order chi connectivity index (χ1) is 3.72. The molecule has 2 heteroatoms. The minimum Gasteiger partial charge on any atom is -0.386 e. The first-order valence-corrected chi connectivity index (χ1v) is 2.67. The van der Waals surface area contributed by atoms with Gasteiger partial charge in [0.25, 0.3) is 0 Å². The Kier molecular flexibility index (Phi) is 3.44. The molecule has 0 bridgehead atoms. The van der Waals surface area contributed by atoms with Crippen LogP contribution in [0.5, 0.6) is 0 Å². The Morgan fingerprint density at radius 2 is 2.38 bits per heavy atom. The molecule has 1 N–H and O–H groups in total. The summed E-state index contributed by atoms with van der Waals surface area (Å²) in [6.07, 6.45) is -0.589. The molecule has 0 saturated heterocycles. The van der Waals surface area contributed by atoms with Gasteiger partial charge in [0.05, 0.1) is 0 Å². The molecule has 0 aliphatic heterocycles. The molecule has 0 amide bonds. The van der Waals surface area contributed by atoms with Crippen LogP contribution in [0.1, 0.15) is 13.3 Å². The molecule has 0 fully saturated rings. The molecule has 0 heterocycles. The second-order valence-electron chi connectivity index (χ2n) is 1.65. The summed E-state index contributed by atoms with van der Waals surface area (Å²) in [5.41, 5.74) is 0. The summed E-state index contributed by atoms with van der Waals surface area (Å²) in [6.45, 7) is 4.92. The summed E-state index contributed by atoms with van der Waals surface area (Å²) < 4.78 is 12.2. The lowest BCUT2D eigenvalue weighted by molar-refractivity contribution is 0.113. The monoisotopic (exact) mass is 118 g/mol. The standard InChI is InChI=1S/C6H11FO/c1-3-5(7)6(8)4-2/h4-6,8H,2-3H2,1H3. The number of aliphatic hydroxyl groups excluding tert-OH is 1. The number of hydrogen-bond donors (Lipinski definition) is 1. The van der Waals surface area contributed by atoms with Crippen molar-refractivity contribution in [1.82, 2.24) is 0 Å². The van der Waals surface area contributed by atoms with Crippen molar-refractivity contribution < 1.29 is 9.50 Å². The van der Waals surface area contributed by atoms with Gasteiger partial charge >= 0.3 is 0 Å². The van der Waals surface area contributed by atoms with Gasteiger partial charge in [0.15, 0.2) is 0 Å². The van der Waals surface area contributed by atoms with Crippen molar-refractivity contribution in [3.05, 3.63) is 12.7 Å². The molecule has 0 rings (SSSR count). The third kappa shape index (κ3) is 2.07. The summed E-state index contributed by atoms with van der Waals surface area (Å²) in [5, 5.41) is 8.63. The fourth-order valence-corrected chi connectivity index (χ4v) is 0.389. The Morgan fingerprint density at radius 1 is 1.88 bits per heavy atom. The number of aliphatic hydroxyl groups is 1. The topological polar surface area (TPSA) is 20.2 Å². The van der Waals surface area contributed by atoms with Gasteiger partial charge in [-0.25, -0.2) is 4.39 Å². The maximum absolute atomic E-state index is 12.2. The molecule has 0 saturated carbocycles. The van der Waals surface area contributed by atoms with E-state index in [0.717, 1.165) is 0 Å². The molecule has 0 aliphatic rings. The molecule has 0 aliphatic carbocycles. The van der Waals surface area contributed by atoms with E-state index in [4.69, 9.17) is 5.11 Å². The van der Waals surface area contributed by atoms with Crippen LogP contribution in [-0.2, 0) is 0 Å². The van der Waals surface area contributed by atoms with Crippen LogP contribution in [0, 0.1) is 0 Å². The lowest BCUT2D eigenvalue weighted by Gasteiger charge is -2.06. The summed E-state index contributed by atoms with van der Waals surface area (Å²) in [4.78, 5) is 0. The van der Waals surface area contributed by atoms with E-state index in [9.17, 15) is 4.39 Å². The van der Waals surface area contributed by atoms with E-state index in [-0.39, 0.29) is 0 Å². The highest BCUT2D eigenvalue weighted by atomic mass is 19.1. The van der Waals surface area contributed by atoms with Crippen molar-refractivity contribution >= 4 is 0 Å². The van der Waals surface area contributed by atoms with Gasteiger partial charge in [0.2, 0.25) is 0 Å². The average molecular weight is 118 g/mol. The predicted molar refractivity (Wildman–Crippen MR) is 31.4 cm³/mol. The van der Waals surface area contributed by atoms with Gasteiger partial charge < -0.3 is 5.11 Å². The fraction of sp³-hybridized carbons (Fsp3) is 0.667. The summed E-state index contributed by atoms with van der Waals surface area (Å²) >= 11 is 0. The summed E-state index contributed by atoms with van der Waals surface area (Å²) in [7, 11) is 0. The second-order valence-corrected chi connectivity index (χ2v) is 1.65. The zero-order valence-corrected chi connectivity index (χ0v) is 4.97. The molecule has 0 radical (unpaired) electrons. The van der Waals surface area contributed by atoms with Gasteiger partial charge in [0, 0.05) is 0 Å². The van der Waals surface area contributed by atoms with E-state index in [1.165, 1.54) is 6.08 Å². The van der Waals surface area contributed by atoms with Gasteiger partial charge in [-0.3, -0.25) is 0 Å². The first kappa shape index (κ1) is 7.63. The van der Waals surface area contributed by atoms with E-state index in [1.807, 2.05) is 0 Å². The Balaban J connectivity index is 3.44. The van der Waals surface area contributed by atoms with Crippen LogP contribution >= 0.6 is 0 Å². The Morgan fingerprint density at radius 3 is 2.50 bits per heavy atom. The van der Waals surface area contributed by atoms with E-state index >= 15 is 0 Å². The molecule has 2 unspecified atom stereocenters. The highest BCUT2D eigenvalue weighted by molar-refractivity contribution is 4.83. The maximum atomic E-state index is 12.2. The van der Waals surface area contributed by atoms with E-state index in [0.29, 0.717) is 6.42 Å². The maximum Gasteiger partial charge on any atom is 0.129 e. The SMILES string of the molecule is C=CC(O)C(F)CC. The quantitative estimate of drug-likeness (QED) is 0.553. The molecular weight excluding hydrogens is 107 g/mol. The Hall–Kier alpha value is -0.370. The van der Waals surface area contributed by atoms with Crippen molar-refractivity contribution in [3.8, 4) is 0 Å². The third-order valence-corrected chi connectivity index (χ3v) is 1.00. The van der Waals surface area contributed by atoms with Crippen molar-refractivity contribution in [1.29, 1.82) is 0 Å². The molecule has 8 heavy (non-hydrogen) atoms. The lowest BCUT2D eigenvalue weighted by Crippen LogP contribution is -2.17. The van der Waals surface area contributed by atoms with Gasteiger partial charge in [-0.05, 0) is 6.42 Å². The van der Waals surface area contributed by atoms with Crippen molar-refractivity contribution in [2.45, 2.75) is 25.6 Å². The molecule has 0 spiro atoms. The number of hydrogen-bond acceptors (Lipinski definition) is 1. The normalized spacial score (nSPS) is 17.4. The molecule has 1 nitrogen and oxygen atoms in total. The van der Waals surface area contributed by atoms with Crippen LogP contribution in [0.15, 0.2) is 12.7 Å². The van der Waals surface area contributed by atoms with Gasteiger partial charge in [0.1, 0.15) is 12.3 Å². The average Bonchev–Trinajstić information content (AvgIpc) is 1.84. The zero-order chi connectivity index (χ0) is 6.57. The van der Waals surface area contributed by atoms with Crippen LogP contribution in [-0.4, -0.2) is 17.4 Å². The van der Waals surface area contributed by atoms with Crippen molar-refractivity contribution in [2.75, 3.05) is 0 Å². The number of halogens is 1. The Labute approximate surface area is 48.8 Å². The number of rotatable bonds is 3. The van der Waals surface area contributed by atoms with Gasteiger partial charge in [-0.2, -0.15) is 0 Å². The fourth-order valence-electron chi connectivity index (χ4n) is 0.389. The molecule has 2 atom stereocenters.